The summed E-state index contributed by atoms with van der Waals surface area (Å²) in [5, 5.41) is 9.05. The van der Waals surface area contributed by atoms with Crippen molar-refractivity contribution in [3.63, 3.8) is 0 Å². The zero-order valence-corrected chi connectivity index (χ0v) is 41.0. The van der Waals surface area contributed by atoms with Crippen LogP contribution in [0.1, 0.15) is 44.6 Å². The second-order valence-electron chi connectivity index (χ2n) is 18.5. The van der Waals surface area contributed by atoms with E-state index < -0.39 is 61.4 Å². The molecule has 0 amide bonds. The molecule has 2 fully saturated rings. The maximum atomic E-state index is 7.48. The summed E-state index contributed by atoms with van der Waals surface area (Å²) in [6.07, 6.45) is -6.48. The molecule has 2 saturated heterocycles. The molecule has 73 heavy (non-hydrogen) atoms. The number of aromatic nitrogens is 3. The number of nitrogens with zero attached hydrogens (tertiary/aromatic N) is 3. The van der Waals surface area contributed by atoms with Crippen LogP contribution in [0.15, 0.2) is 182 Å². The Labute approximate surface area is 426 Å². The predicted octanol–water partition coefficient (Wildman–Crippen LogP) is 8.78. The van der Waals surface area contributed by atoms with Crippen molar-refractivity contribution >= 4 is 0 Å². The van der Waals surface area contributed by atoms with E-state index in [2.05, 4.69) is 22.4 Å². The van der Waals surface area contributed by atoms with E-state index >= 15 is 0 Å². The fourth-order valence-electron chi connectivity index (χ4n) is 9.47. The number of methoxy groups -OCH3 is 1. The van der Waals surface area contributed by atoms with Crippen LogP contribution < -0.4 is 0 Å². The van der Waals surface area contributed by atoms with Crippen LogP contribution in [0.2, 0.25) is 0 Å². The zero-order valence-electron chi connectivity index (χ0n) is 41.0. The number of fused-ring (bicyclic) bond motifs is 6. The Hall–Kier alpha value is -5.98. The predicted molar refractivity (Wildman–Crippen MR) is 269 cm³/mol. The smallest absolute Gasteiger partial charge is 0.187 e. The van der Waals surface area contributed by atoms with E-state index in [1.165, 1.54) is 0 Å². The van der Waals surface area contributed by atoms with Crippen molar-refractivity contribution in [2.45, 2.75) is 114 Å². The van der Waals surface area contributed by atoms with Gasteiger partial charge in [0.15, 0.2) is 12.6 Å². The largest absolute Gasteiger partial charge is 0.374 e. The highest BCUT2D eigenvalue weighted by Gasteiger charge is 2.54. The van der Waals surface area contributed by atoms with Gasteiger partial charge < -0.3 is 52.1 Å². The van der Waals surface area contributed by atoms with Crippen LogP contribution in [0.4, 0.5) is 0 Å². The van der Waals surface area contributed by atoms with Crippen molar-refractivity contribution in [1.29, 1.82) is 0 Å². The summed E-state index contributed by atoms with van der Waals surface area (Å²) in [5.41, 5.74) is 7.55. The van der Waals surface area contributed by atoms with Crippen LogP contribution in [0, 0.1) is 0 Å². The van der Waals surface area contributed by atoms with Gasteiger partial charge in [0.2, 0.25) is 0 Å². The van der Waals surface area contributed by atoms with Crippen LogP contribution in [-0.2, 0) is 105 Å². The molecule has 0 unspecified atom stereocenters. The number of hydrogen-bond donors (Lipinski definition) is 0. The zero-order chi connectivity index (χ0) is 49.4. The Kier molecular flexibility index (Phi) is 17.9. The Morgan fingerprint density at radius 2 is 1.04 bits per heavy atom. The van der Waals surface area contributed by atoms with Gasteiger partial charge in [-0.25, -0.2) is 4.68 Å². The van der Waals surface area contributed by atoms with Gasteiger partial charge in [-0.3, -0.25) is 0 Å². The minimum atomic E-state index is -1.13. The molecule has 0 saturated carbocycles. The van der Waals surface area contributed by atoms with Gasteiger partial charge in [-0.05, 0) is 38.9 Å². The fourth-order valence-corrected chi connectivity index (χ4v) is 9.47. The summed E-state index contributed by atoms with van der Waals surface area (Å²) < 4.78 is 77.7. The molecule has 10 rings (SSSR count). The number of rotatable bonds is 17. The molecule has 0 radical (unpaired) electrons. The van der Waals surface area contributed by atoms with E-state index in [1.54, 1.807) is 11.8 Å². The number of ether oxygens (including phenoxy) is 11. The van der Waals surface area contributed by atoms with Crippen molar-refractivity contribution in [3.05, 3.63) is 227 Å². The molecular formula is C59H63N3O11. The Morgan fingerprint density at radius 1 is 0.521 bits per heavy atom. The first-order chi connectivity index (χ1) is 36.1. The van der Waals surface area contributed by atoms with Gasteiger partial charge in [-0.1, -0.05) is 181 Å². The Balaban J connectivity index is 1.06. The van der Waals surface area contributed by atoms with Crippen LogP contribution in [0.5, 0.6) is 0 Å². The van der Waals surface area contributed by atoms with Crippen molar-refractivity contribution < 1.29 is 52.1 Å². The summed E-state index contributed by atoms with van der Waals surface area (Å²) in [6, 6.07) is 58.3. The van der Waals surface area contributed by atoms with Gasteiger partial charge in [0.05, 0.1) is 72.2 Å². The third-order valence-electron chi connectivity index (χ3n) is 13.1. The molecule has 3 aliphatic heterocycles. The van der Waals surface area contributed by atoms with Gasteiger partial charge >= 0.3 is 0 Å². The van der Waals surface area contributed by atoms with E-state index in [4.69, 9.17) is 52.1 Å². The topological polar surface area (TPSA) is 132 Å². The third-order valence-corrected chi connectivity index (χ3v) is 13.1. The molecule has 10 atom stereocenters. The summed E-state index contributed by atoms with van der Waals surface area (Å²) in [5.74, 6) is 0. The highest BCUT2D eigenvalue weighted by Crippen LogP contribution is 2.37. The number of benzene rings is 6. The summed E-state index contributed by atoms with van der Waals surface area (Å²) in [4.78, 5) is 0. The van der Waals surface area contributed by atoms with E-state index in [-0.39, 0.29) is 46.2 Å². The van der Waals surface area contributed by atoms with Crippen LogP contribution >= 0.6 is 0 Å². The first-order valence-corrected chi connectivity index (χ1v) is 25.0. The lowest BCUT2D eigenvalue weighted by molar-refractivity contribution is -0.376. The maximum Gasteiger partial charge on any atom is 0.187 e. The van der Waals surface area contributed by atoms with Gasteiger partial charge in [0, 0.05) is 7.11 Å². The maximum absolute atomic E-state index is 7.48. The lowest BCUT2D eigenvalue weighted by Crippen LogP contribution is -2.66. The van der Waals surface area contributed by atoms with E-state index in [9.17, 15) is 0 Å². The quantitative estimate of drug-likeness (QED) is 0.0862. The molecule has 3 aliphatic rings. The van der Waals surface area contributed by atoms with Gasteiger partial charge in [0.1, 0.15) is 54.5 Å². The lowest BCUT2D eigenvalue weighted by Gasteiger charge is -2.50. The first kappa shape index (κ1) is 50.5. The van der Waals surface area contributed by atoms with Gasteiger partial charge in [-0.2, -0.15) is 0 Å². The Bertz CT molecular complexity index is 2690. The molecule has 0 aliphatic carbocycles. The fraction of sp³-hybridized carbons (Fsp3) is 0.356. The average molecular weight is 990 g/mol. The summed E-state index contributed by atoms with van der Waals surface area (Å²) >= 11 is 0. The molecule has 380 valence electrons. The SMILES string of the molecule is CO[C@H]1O[C@@H]2COCc3cccc(c3)Cn3cc(nn3)CO[C@H]3[C@H](O[C@H]2[C@H](OCc2ccccc2)[C@H]1OCc1ccccc1)O[C@H](COCc1ccccc1)[C@@H](OCc1ccccc1)[C@@H]3OCc1ccccc1. The second kappa shape index (κ2) is 25.8. The van der Waals surface area contributed by atoms with E-state index in [0.29, 0.717) is 25.5 Å². The first-order valence-electron chi connectivity index (χ1n) is 25.0. The monoisotopic (exact) mass is 989 g/mol. The Morgan fingerprint density at radius 3 is 1.62 bits per heavy atom. The molecule has 6 aromatic carbocycles. The van der Waals surface area contributed by atoms with Gasteiger partial charge in [-0.15, -0.1) is 5.10 Å². The van der Waals surface area contributed by atoms with Crippen molar-refractivity contribution in [2.75, 3.05) is 20.3 Å². The molecule has 0 spiro atoms. The minimum Gasteiger partial charge on any atom is -0.374 e. The van der Waals surface area contributed by atoms with Crippen LogP contribution in [-0.4, -0.2) is 96.7 Å². The molecule has 14 nitrogen and oxygen atoms in total. The molecule has 4 heterocycles. The van der Waals surface area contributed by atoms with Crippen LogP contribution in [0.25, 0.3) is 0 Å². The highest BCUT2D eigenvalue weighted by atomic mass is 16.8. The third kappa shape index (κ3) is 13.8. The minimum absolute atomic E-state index is 0.0515. The number of hydrogen-bond acceptors (Lipinski definition) is 13. The molecule has 4 bridgehead atoms. The molecule has 0 N–H and O–H groups in total. The molecule has 7 aromatic rings. The second-order valence-corrected chi connectivity index (χ2v) is 18.5. The highest BCUT2D eigenvalue weighted by molar-refractivity contribution is 5.24. The summed E-state index contributed by atoms with van der Waals surface area (Å²) in [6.45, 7) is 2.44. The van der Waals surface area contributed by atoms with Crippen molar-refractivity contribution in [3.8, 4) is 0 Å². The normalized spacial score (nSPS) is 25.5. The molecular weight excluding hydrogens is 927 g/mol. The van der Waals surface area contributed by atoms with Crippen LogP contribution in [0.3, 0.4) is 0 Å². The standard InChI is InChI=1S/C59H63N3O11/c1-63-58-56(69-38-46-26-15-6-16-27-46)55(68-37-45-24-13-5-14-25-45)53-51(71-58)41-65-34-48-29-17-28-47(30-48)31-62-32-49(60-61-62)39-70-57-54(67-36-44-22-11-4-12-23-44)52(66-35-43-20-9-3-10-21-43)50(72-59(57)73-53)40-64-33-42-18-7-2-8-19-42/h2-30,32,50-59H,31,33-41H2,1H3/t50-,51-,52-,53-,54+,55+,56-,57-,58+,59+/m1/s1. The van der Waals surface area contributed by atoms with Crippen molar-refractivity contribution in [2.24, 2.45) is 0 Å². The van der Waals surface area contributed by atoms with Gasteiger partial charge in [0.25, 0.3) is 0 Å². The van der Waals surface area contributed by atoms with E-state index in [0.717, 1.165) is 38.9 Å². The molecule has 14 heteroatoms. The lowest BCUT2D eigenvalue weighted by atomic mass is 9.95. The van der Waals surface area contributed by atoms with E-state index in [1.807, 2.05) is 170 Å². The molecule has 1 aromatic heterocycles. The van der Waals surface area contributed by atoms with Crippen molar-refractivity contribution in [1.82, 2.24) is 15.0 Å². The summed E-state index contributed by atoms with van der Waals surface area (Å²) in [7, 11) is 1.61. The average Bonchev–Trinajstić information content (AvgIpc) is 3.89.